The van der Waals surface area contributed by atoms with Gasteiger partial charge < -0.3 is 14.6 Å². The standard InChI is InChI=1S/C14H27N3O3S/c1-6-7-17-10-13(8-12(17)9-15-4)21(18,19)16-11-14(2,3)20-5/h8,10,15-16H,6-7,9,11H2,1-5H3. The highest BCUT2D eigenvalue weighted by Gasteiger charge is 2.23. The molecule has 7 heteroatoms. The maximum absolute atomic E-state index is 12.4. The summed E-state index contributed by atoms with van der Waals surface area (Å²) in [6.07, 6.45) is 2.65. The predicted molar refractivity (Wildman–Crippen MR) is 83.8 cm³/mol. The van der Waals surface area contributed by atoms with Crippen molar-refractivity contribution in [1.29, 1.82) is 0 Å². The van der Waals surface area contributed by atoms with E-state index in [2.05, 4.69) is 17.0 Å². The molecule has 0 amide bonds. The van der Waals surface area contributed by atoms with E-state index in [1.165, 1.54) is 0 Å². The molecule has 122 valence electrons. The van der Waals surface area contributed by atoms with E-state index < -0.39 is 15.6 Å². The molecule has 0 aliphatic heterocycles. The molecule has 1 aromatic heterocycles. The minimum atomic E-state index is -3.52. The fourth-order valence-electron chi connectivity index (χ4n) is 1.87. The van der Waals surface area contributed by atoms with Crippen LogP contribution in [-0.2, 0) is 27.8 Å². The Kier molecular flexibility index (Phi) is 6.40. The molecule has 1 rings (SSSR count). The zero-order valence-electron chi connectivity index (χ0n) is 13.6. The van der Waals surface area contributed by atoms with Gasteiger partial charge in [0, 0.05) is 38.6 Å². The van der Waals surface area contributed by atoms with Gasteiger partial charge >= 0.3 is 0 Å². The second-order valence-corrected chi connectivity index (χ2v) is 7.45. The molecule has 0 aromatic carbocycles. The van der Waals surface area contributed by atoms with Crippen LogP contribution < -0.4 is 10.0 Å². The second-order valence-electron chi connectivity index (χ2n) is 5.68. The third-order valence-corrected chi connectivity index (χ3v) is 4.70. The van der Waals surface area contributed by atoms with E-state index in [9.17, 15) is 8.42 Å². The molecule has 2 N–H and O–H groups in total. The molecule has 0 saturated heterocycles. The number of hydrogen-bond donors (Lipinski definition) is 2. The summed E-state index contributed by atoms with van der Waals surface area (Å²) in [5.41, 5.74) is 0.429. The van der Waals surface area contributed by atoms with Crippen LogP contribution in [0.25, 0.3) is 0 Å². The summed E-state index contributed by atoms with van der Waals surface area (Å²) in [5, 5.41) is 3.06. The van der Waals surface area contributed by atoms with Crippen LogP contribution in [0.5, 0.6) is 0 Å². The fraction of sp³-hybridized carbons (Fsp3) is 0.714. The van der Waals surface area contributed by atoms with Gasteiger partial charge in [-0.3, -0.25) is 0 Å². The summed E-state index contributed by atoms with van der Waals surface area (Å²) in [4.78, 5) is 0.299. The number of hydrogen-bond acceptors (Lipinski definition) is 4. The normalized spacial score (nSPS) is 12.8. The van der Waals surface area contributed by atoms with Crippen molar-refractivity contribution in [3.05, 3.63) is 18.0 Å². The van der Waals surface area contributed by atoms with Crippen molar-refractivity contribution >= 4 is 10.0 Å². The summed E-state index contributed by atoms with van der Waals surface area (Å²) < 4.78 is 34.6. The molecule has 0 fully saturated rings. The van der Waals surface area contributed by atoms with Crippen LogP contribution in [-0.4, -0.2) is 39.3 Å². The molecule has 0 bridgehead atoms. The first-order valence-corrected chi connectivity index (χ1v) is 8.62. The third kappa shape index (κ3) is 5.10. The van der Waals surface area contributed by atoms with Gasteiger partial charge in [-0.2, -0.15) is 0 Å². The monoisotopic (exact) mass is 317 g/mol. The molecule has 0 saturated carbocycles. The Balaban J connectivity index is 2.95. The van der Waals surface area contributed by atoms with E-state index in [0.717, 1.165) is 18.7 Å². The lowest BCUT2D eigenvalue weighted by Gasteiger charge is -2.22. The molecule has 6 nitrogen and oxygen atoms in total. The molecule has 0 radical (unpaired) electrons. The van der Waals surface area contributed by atoms with Gasteiger partial charge in [0.25, 0.3) is 0 Å². The maximum Gasteiger partial charge on any atom is 0.242 e. The fourth-order valence-corrected chi connectivity index (χ4v) is 3.14. The van der Waals surface area contributed by atoms with Crippen LogP contribution in [0.15, 0.2) is 17.2 Å². The SMILES string of the molecule is CCCn1cc(S(=O)(=O)NCC(C)(C)OC)cc1CNC. The molecule has 0 spiro atoms. The quantitative estimate of drug-likeness (QED) is 0.720. The van der Waals surface area contributed by atoms with Crippen molar-refractivity contribution in [3.63, 3.8) is 0 Å². The largest absolute Gasteiger partial charge is 0.377 e. The topological polar surface area (TPSA) is 72.4 Å². The highest BCUT2D eigenvalue weighted by molar-refractivity contribution is 7.89. The van der Waals surface area contributed by atoms with Crippen molar-refractivity contribution in [1.82, 2.24) is 14.6 Å². The molecule has 0 aliphatic carbocycles. The lowest BCUT2D eigenvalue weighted by atomic mass is 10.1. The lowest BCUT2D eigenvalue weighted by molar-refractivity contribution is 0.0276. The molecule has 1 aromatic rings. The molecule has 0 atom stereocenters. The Labute approximate surface area is 127 Å². The number of nitrogens with one attached hydrogen (secondary N) is 2. The average Bonchev–Trinajstić information content (AvgIpc) is 2.82. The van der Waals surface area contributed by atoms with Crippen LogP contribution in [0.3, 0.4) is 0 Å². The Morgan fingerprint density at radius 2 is 2.05 bits per heavy atom. The van der Waals surface area contributed by atoms with Crippen LogP contribution in [0.1, 0.15) is 32.9 Å². The summed E-state index contributed by atoms with van der Waals surface area (Å²) in [5.74, 6) is 0. The van der Waals surface area contributed by atoms with Gasteiger partial charge in [-0.1, -0.05) is 6.92 Å². The third-order valence-electron chi connectivity index (χ3n) is 3.33. The average molecular weight is 317 g/mol. The number of aryl methyl sites for hydroxylation is 1. The van der Waals surface area contributed by atoms with Crippen LogP contribution in [0.2, 0.25) is 0 Å². The minimum absolute atomic E-state index is 0.228. The Hall–Kier alpha value is -0.890. The predicted octanol–water partition coefficient (Wildman–Crippen LogP) is 1.32. The van der Waals surface area contributed by atoms with Crippen molar-refractivity contribution in [2.45, 2.75) is 50.8 Å². The minimum Gasteiger partial charge on any atom is -0.377 e. The highest BCUT2D eigenvalue weighted by Crippen LogP contribution is 2.16. The van der Waals surface area contributed by atoms with Gasteiger partial charge in [-0.15, -0.1) is 0 Å². The van der Waals surface area contributed by atoms with E-state index in [1.807, 2.05) is 25.5 Å². The zero-order valence-corrected chi connectivity index (χ0v) is 14.4. The highest BCUT2D eigenvalue weighted by atomic mass is 32.2. The summed E-state index contributed by atoms with van der Waals surface area (Å²) in [6.45, 7) is 7.41. The van der Waals surface area contributed by atoms with Gasteiger partial charge in [0.1, 0.15) is 0 Å². The lowest BCUT2D eigenvalue weighted by Crippen LogP contribution is -2.39. The zero-order chi connectivity index (χ0) is 16.1. The second kappa shape index (κ2) is 7.40. The van der Waals surface area contributed by atoms with E-state index in [4.69, 9.17) is 4.74 Å². The van der Waals surface area contributed by atoms with Crippen LogP contribution >= 0.6 is 0 Å². The van der Waals surface area contributed by atoms with E-state index in [1.54, 1.807) is 19.4 Å². The molecular formula is C14H27N3O3S. The van der Waals surface area contributed by atoms with Crippen molar-refractivity contribution < 1.29 is 13.2 Å². The van der Waals surface area contributed by atoms with Gasteiger partial charge in [0.05, 0.1) is 10.5 Å². The van der Waals surface area contributed by atoms with Gasteiger partial charge in [-0.25, -0.2) is 13.1 Å². The summed E-state index contributed by atoms with van der Waals surface area (Å²) in [7, 11) is -0.110. The smallest absolute Gasteiger partial charge is 0.242 e. The first-order valence-electron chi connectivity index (χ1n) is 7.14. The number of rotatable bonds is 9. The molecule has 0 aliphatic rings. The Morgan fingerprint density at radius 3 is 2.57 bits per heavy atom. The number of ether oxygens (including phenoxy) is 1. The van der Waals surface area contributed by atoms with Gasteiger partial charge in [0.2, 0.25) is 10.0 Å². The van der Waals surface area contributed by atoms with Crippen LogP contribution in [0.4, 0.5) is 0 Å². The van der Waals surface area contributed by atoms with Gasteiger partial charge in [0.15, 0.2) is 0 Å². The molecule has 1 heterocycles. The van der Waals surface area contributed by atoms with E-state index in [0.29, 0.717) is 11.4 Å². The Morgan fingerprint density at radius 1 is 1.38 bits per heavy atom. The van der Waals surface area contributed by atoms with Crippen molar-refractivity contribution in [2.75, 3.05) is 20.7 Å². The summed E-state index contributed by atoms with van der Waals surface area (Å²) in [6, 6.07) is 1.72. The summed E-state index contributed by atoms with van der Waals surface area (Å²) >= 11 is 0. The number of nitrogens with zero attached hydrogens (tertiary/aromatic N) is 1. The molecule has 0 unspecified atom stereocenters. The van der Waals surface area contributed by atoms with E-state index in [-0.39, 0.29) is 6.54 Å². The van der Waals surface area contributed by atoms with Crippen molar-refractivity contribution in [2.24, 2.45) is 0 Å². The number of sulfonamides is 1. The maximum atomic E-state index is 12.4. The number of aromatic nitrogens is 1. The molecular weight excluding hydrogens is 290 g/mol. The first-order chi connectivity index (χ1) is 9.75. The first kappa shape index (κ1) is 18.2. The van der Waals surface area contributed by atoms with Crippen LogP contribution in [0, 0.1) is 0 Å². The van der Waals surface area contributed by atoms with Gasteiger partial charge in [-0.05, 0) is 33.4 Å². The Bertz CT molecular complexity index is 526. The molecule has 21 heavy (non-hydrogen) atoms. The van der Waals surface area contributed by atoms with E-state index >= 15 is 0 Å². The number of methoxy groups -OCH3 is 1. The van der Waals surface area contributed by atoms with Crippen molar-refractivity contribution in [3.8, 4) is 0 Å².